The van der Waals surface area contributed by atoms with E-state index in [0.29, 0.717) is 0 Å². The summed E-state index contributed by atoms with van der Waals surface area (Å²) in [5.41, 5.74) is -43.5. The average molecular weight is 1980 g/mol. The van der Waals surface area contributed by atoms with Crippen molar-refractivity contribution >= 4 is 59.7 Å². The highest BCUT2D eigenvalue weighted by molar-refractivity contribution is 6.20. The van der Waals surface area contributed by atoms with Crippen molar-refractivity contribution in [1.82, 2.24) is 0 Å². The number of cyclic esters (lactones) is 2. The van der Waals surface area contributed by atoms with Gasteiger partial charge < -0.3 is 225 Å². The lowest BCUT2D eigenvalue weighted by Crippen LogP contribution is -2.58. The Balaban J connectivity index is 0.922. The topological polar surface area (TPSA) is 949 Å². The van der Waals surface area contributed by atoms with Crippen LogP contribution in [0, 0.1) is 0 Å². The monoisotopic (exact) mass is 1980 g/mol. The lowest BCUT2D eigenvalue weighted by Gasteiger charge is -2.44. The van der Waals surface area contributed by atoms with E-state index in [0.717, 1.165) is 0 Å². The molecule has 21 rings (SSSR count). The first-order valence-electron chi connectivity index (χ1n) is 40.2. The lowest BCUT2D eigenvalue weighted by atomic mass is 9.72. The van der Waals surface area contributed by atoms with Gasteiger partial charge in [-0.05, 0) is 30.3 Å². The molecule has 0 aromatic heterocycles. The van der Waals surface area contributed by atoms with Crippen molar-refractivity contribution in [3.63, 3.8) is 0 Å². The first-order chi connectivity index (χ1) is 66.9. The predicted molar refractivity (Wildman–Crippen MR) is 436 cm³/mol. The van der Waals surface area contributed by atoms with Gasteiger partial charge in [0.15, 0.2) is 170 Å². The molecule has 55 heteroatoms. The van der Waals surface area contributed by atoms with Crippen molar-refractivity contribution in [1.29, 1.82) is 0 Å². The minimum Gasteiger partial charge on any atom is -0.504 e. The molecular weight excluding hydrogens is 1920 g/mol. The molecule has 0 radical (unpaired) electrons. The van der Waals surface area contributed by atoms with E-state index < -0.39 is 477 Å². The molecule has 1 fully saturated rings. The fraction of sp³-hybridized carbons (Fsp3) is 0.195. The van der Waals surface area contributed by atoms with E-state index in [1.807, 2.05) is 0 Å². The third-order valence-corrected chi connectivity index (χ3v) is 25.1. The second-order valence-corrected chi connectivity index (χ2v) is 32.6. The number of rotatable bonds is 3. The highest BCUT2D eigenvalue weighted by Crippen LogP contribution is 2.69. The maximum absolute atomic E-state index is 17.1. The summed E-state index contributed by atoms with van der Waals surface area (Å²) in [6.45, 7) is -5.42. The number of phenolic OH excluding ortho intramolecular Hbond substituents is 30. The molecule has 0 saturated carbocycles. The van der Waals surface area contributed by atoms with Crippen molar-refractivity contribution in [3.8, 4) is 239 Å². The molecular formula is C87H58O55. The van der Waals surface area contributed by atoms with Gasteiger partial charge in [0.25, 0.3) is 0 Å². The van der Waals surface area contributed by atoms with E-state index in [9.17, 15) is 169 Å². The molecule has 12 bridgehead atoms. The number of fused-ring (bicyclic) bond motifs is 14. The lowest BCUT2D eigenvalue weighted by molar-refractivity contribution is -0.297. The summed E-state index contributed by atoms with van der Waals surface area (Å²) < 4.78 is 71.2. The summed E-state index contributed by atoms with van der Waals surface area (Å²) in [4.78, 5) is 161. The maximum Gasteiger partial charge on any atom is 0.340 e. The molecule has 1 unspecified atom stereocenters. The molecule has 11 heterocycles. The molecule has 10 aromatic carbocycles. The largest absolute Gasteiger partial charge is 0.504 e. The van der Waals surface area contributed by atoms with Gasteiger partial charge >= 0.3 is 59.7 Å². The van der Waals surface area contributed by atoms with Gasteiger partial charge in [-0.2, -0.15) is 0 Å². The summed E-state index contributed by atoms with van der Waals surface area (Å²) in [5.74, 6) is -85.7. The van der Waals surface area contributed by atoms with Crippen LogP contribution in [0.15, 0.2) is 30.3 Å². The summed E-state index contributed by atoms with van der Waals surface area (Å²) in [5, 5.41) is 394. The Hall–Kier alpha value is -19.3. The van der Waals surface area contributed by atoms with Gasteiger partial charge in [-0.3, -0.25) is 0 Å². The second-order valence-electron chi connectivity index (χ2n) is 32.6. The fourth-order valence-electron chi connectivity index (χ4n) is 18.7. The Morgan fingerprint density at radius 2 is 0.458 bits per heavy atom. The minimum atomic E-state index is -3.70. The summed E-state index contributed by atoms with van der Waals surface area (Å²) in [6.07, 6.45) is -40.3. The van der Waals surface area contributed by atoms with Gasteiger partial charge in [-0.15, -0.1) is 0 Å². The predicted octanol–water partition coefficient (Wildman–Crippen LogP) is 1.51. The van der Waals surface area contributed by atoms with E-state index in [1.165, 1.54) is 0 Å². The van der Waals surface area contributed by atoms with Gasteiger partial charge in [0, 0.05) is 83.5 Å². The zero-order chi connectivity index (χ0) is 103. The Morgan fingerprint density at radius 1 is 0.211 bits per heavy atom. The van der Waals surface area contributed by atoms with Gasteiger partial charge in [0.2, 0.25) is 57.5 Å². The molecule has 11 aliphatic heterocycles. The van der Waals surface area contributed by atoms with Gasteiger partial charge in [-0.1, -0.05) is 0 Å². The van der Waals surface area contributed by atoms with E-state index in [-0.39, 0.29) is 30.3 Å². The number of benzene rings is 10. The zero-order valence-corrected chi connectivity index (χ0v) is 69.3. The van der Waals surface area contributed by atoms with Crippen LogP contribution in [0.5, 0.6) is 172 Å². The van der Waals surface area contributed by atoms with E-state index in [1.54, 1.807) is 0 Å². The molecule has 1 saturated heterocycles. The molecule has 10 aromatic rings. The number of aromatic hydroxyl groups is 30. The second kappa shape index (κ2) is 31.4. The van der Waals surface area contributed by atoms with Crippen molar-refractivity contribution in [2.45, 2.75) is 85.5 Å². The Kier molecular flexibility index (Phi) is 20.3. The van der Waals surface area contributed by atoms with E-state index in [2.05, 4.69) is 0 Å². The van der Waals surface area contributed by atoms with Crippen LogP contribution >= 0.6 is 0 Å². The normalized spacial score (nSPS) is 23.0. The van der Waals surface area contributed by atoms with Gasteiger partial charge in [-0.25, -0.2) is 47.9 Å². The van der Waals surface area contributed by atoms with Gasteiger partial charge in [0.05, 0.1) is 68.2 Å². The third kappa shape index (κ3) is 12.5. The Bertz CT molecular complexity index is 7590. The molecule has 55 nitrogen and oxygen atoms in total. The maximum atomic E-state index is 17.1. The number of carbonyl (C=O) groups excluding carboxylic acids is 10. The van der Waals surface area contributed by atoms with Crippen molar-refractivity contribution < 1.29 is 273 Å². The quantitative estimate of drug-likeness (QED) is 0.0677. The van der Waals surface area contributed by atoms with Crippen LogP contribution in [0.4, 0.5) is 0 Å². The molecule has 0 spiro atoms. The summed E-state index contributed by atoms with van der Waals surface area (Å²) in [7, 11) is 0. The molecule has 0 aliphatic carbocycles. The average Bonchev–Trinajstić information content (AvgIpc) is 0.905. The highest BCUT2D eigenvalue weighted by atomic mass is 16.7. The Labute approximate surface area is 777 Å². The number of aliphatic hydroxyl groups is 3. The number of ether oxygens (including phenoxy) is 12. The summed E-state index contributed by atoms with van der Waals surface area (Å²) in [6, 6.07) is 0.363. The van der Waals surface area contributed by atoms with E-state index in [4.69, 9.17) is 56.8 Å². The Morgan fingerprint density at radius 3 is 0.824 bits per heavy atom. The molecule has 142 heavy (non-hydrogen) atoms. The van der Waals surface area contributed by atoms with Crippen molar-refractivity contribution in [3.05, 3.63) is 103 Å². The smallest absolute Gasteiger partial charge is 0.340 e. The van der Waals surface area contributed by atoms with Gasteiger partial charge in [0.1, 0.15) is 37.6 Å². The number of carbonyl (C=O) groups is 10. The SMILES string of the molecule is O=C1OC[C@@H]2OC(=O)c3cc(O)c(O)c(O)c3-c3c(O)c(O)c(O)c4c3C(=O)OC([C@@H]3OC(=O)c5c-4c(O)c(O)c(O)c5[C@H]3c3c(O)c(O)c(O)c4c3C(=O)OC[C@@H]3OC(=O)c5cc(O)c(O)c(O)c5-c5c(O)c(O)c(O)c6c5C(=O)O[C@H]([C@H]5OC(=O)c7c-6c(O)c(O)c(O)c7[C@H]5O[C@H]5OC[C@H](O)[C@H](O)[C@H]5O)[C@@H]3OC(=O)c3cc(O)c(O)c(O)c3-4)[C@@H]2OC(=O)c2cc(O)c(O)c(O)c2-c2c1cc(O)c(O)c2O. The standard InChI is InChI=1S/C87H58O55/c88-14-1-9-22(49(100)43(14)94)23-10(2-15(89)44(95)50(23)101)80(124)136-70-20(7-131-77(9)121)134-78(122)11-3-16(90)45(96)51(102)24(11)28-38-30(57(108)64(115)55(28)106)31-40-35(62(113)67(118)58(31)109)36(72(138-83(40)127)74(70)139-84(38)128)34-37-27(54(105)66(117)61(34)112)26-13(5-18(92)47(98)53(26)104)81(125)137-71-21(8-132-82(37)126)135-79(123)12-4-17(91)46(97)52(103)25(12)29-39-32(59(110)65(116)56(29)107)33-41-42(63(114)68(119)60(33)111)73(76(141-86(41)130)75(71)140-85(39)129)142-87-69(120)48(99)19(93)6-133-87/h1-5,19-21,36,48,69-76,87-120H,6-8H2/t19-,20-,21-,36+,48-,69+,70+,71+,72+,73+,74?,75-,76-,87+/m0/s1. The third-order valence-electron chi connectivity index (χ3n) is 25.1. The van der Waals surface area contributed by atoms with Crippen LogP contribution in [-0.4, -0.2) is 321 Å². The first kappa shape index (κ1) is 91.8. The van der Waals surface area contributed by atoms with E-state index >= 15 is 47.9 Å². The first-order valence-corrected chi connectivity index (χ1v) is 40.2. The highest BCUT2D eigenvalue weighted by Gasteiger charge is 2.62. The molecule has 33 N–H and O–H groups in total. The number of aliphatic hydroxyl groups excluding tert-OH is 3. The molecule has 14 atom stereocenters. The van der Waals surface area contributed by atoms with Crippen LogP contribution in [-0.2, 0) is 56.8 Å². The summed E-state index contributed by atoms with van der Waals surface area (Å²) >= 11 is 0. The van der Waals surface area contributed by atoms with Crippen molar-refractivity contribution in [2.24, 2.45) is 0 Å². The van der Waals surface area contributed by atoms with Crippen LogP contribution in [0.25, 0.3) is 66.8 Å². The molecule has 11 aliphatic rings. The van der Waals surface area contributed by atoms with Crippen LogP contribution in [0.3, 0.4) is 0 Å². The molecule has 0 amide bonds. The van der Waals surface area contributed by atoms with Crippen LogP contribution < -0.4 is 0 Å². The fourth-order valence-corrected chi connectivity index (χ4v) is 18.7. The zero-order valence-electron chi connectivity index (χ0n) is 69.3. The van der Waals surface area contributed by atoms with Crippen LogP contribution in [0.1, 0.15) is 132 Å². The number of hydrogen-bond acceptors (Lipinski definition) is 55. The number of phenols is 30. The van der Waals surface area contributed by atoms with Crippen LogP contribution in [0.2, 0.25) is 0 Å². The molecule has 736 valence electrons. The number of hydrogen-bond donors (Lipinski definition) is 33. The minimum absolute atomic E-state index is 0.0646. The van der Waals surface area contributed by atoms with Crippen molar-refractivity contribution in [2.75, 3.05) is 19.8 Å². The number of esters is 10.